The van der Waals surface area contributed by atoms with Gasteiger partial charge in [0.05, 0.1) is 5.57 Å². The van der Waals surface area contributed by atoms with E-state index >= 15 is 0 Å². The number of anilines is 2. The number of likely N-dealkylation sites (N-methyl/N-ethyl adjacent to an activating group) is 1. The summed E-state index contributed by atoms with van der Waals surface area (Å²) < 4.78 is 6.08. The smallest absolute Gasteiger partial charge is 0.260 e. The van der Waals surface area contributed by atoms with E-state index in [1.807, 2.05) is 48.5 Å². The Kier molecular flexibility index (Phi) is 5.54. The molecule has 1 fully saturated rings. The molecule has 3 heterocycles. The molecule has 2 amide bonds. The maximum atomic E-state index is 13.0. The van der Waals surface area contributed by atoms with Crippen LogP contribution in [0.4, 0.5) is 11.4 Å². The van der Waals surface area contributed by atoms with Crippen molar-refractivity contribution in [2.45, 2.75) is 0 Å². The lowest BCUT2D eigenvalue weighted by atomic mass is 9.89. The third-order valence-corrected chi connectivity index (χ3v) is 6.86. The molecule has 180 valence electrons. The number of rotatable bonds is 4. The molecule has 2 aliphatic rings. The molecular formula is C29H26N4O3. The minimum atomic E-state index is -0.447. The summed E-state index contributed by atoms with van der Waals surface area (Å²) in [5.41, 5.74) is 4.86. The average molecular weight is 479 g/mol. The first-order chi connectivity index (χ1) is 17.6. The fraction of sp³-hybridized carbons (Fsp3) is 0.172. The maximum absolute atomic E-state index is 13.0. The van der Waals surface area contributed by atoms with Crippen molar-refractivity contribution >= 4 is 39.7 Å². The SMILES string of the molecule is CN1CCN(c2ccc(NC=C3C(=O)NC(=O)c4cccc(-c5cc6ccccc6o5)c43)cc2)CC1. The van der Waals surface area contributed by atoms with E-state index in [0.29, 0.717) is 28.0 Å². The molecule has 0 unspecified atom stereocenters. The van der Waals surface area contributed by atoms with Gasteiger partial charge in [-0.15, -0.1) is 0 Å². The molecule has 0 bridgehead atoms. The first-order valence-electron chi connectivity index (χ1n) is 12.0. The molecule has 2 aliphatic heterocycles. The summed E-state index contributed by atoms with van der Waals surface area (Å²) in [5.74, 6) is -0.253. The summed E-state index contributed by atoms with van der Waals surface area (Å²) in [4.78, 5) is 30.3. The number of benzene rings is 3. The maximum Gasteiger partial charge on any atom is 0.260 e. The van der Waals surface area contributed by atoms with Gasteiger partial charge in [-0.1, -0.05) is 30.3 Å². The normalized spacial score (nSPS) is 17.4. The molecule has 6 rings (SSSR count). The van der Waals surface area contributed by atoms with Crippen LogP contribution in [0.2, 0.25) is 0 Å². The molecule has 7 nitrogen and oxygen atoms in total. The van der Waals surface area contributed by atoms with Crippen LogP contribution >= 0.6 is 0 Å². The van der Waals surface area contributed by atoms with Crippen LogP contribution in [0.3, 0.4) is 0 Å². The van der Waals surface area contributed by atoms with Gasteiger partial charge in [0.15, 0.2) is 0 Å². The van der Waals surface area contributed by atoms with Crippen molar-refractivity contribution in [3.05, 3.63) is 90.1 Å². The number of nitrogens with zero attached hydrogens (tertiary/aromatic N) is 2. The van der Waals surface area contributed by atoms with Gasteiger partial charge in [-0.2, -0.15) is 0 Å². The molecule has 2 N–H and O–H groups in total. The van der Waals surface area contributed by atoms with Crippen LogP contribution in [0.1, 0.15) is 15.9 Å². The summed E-state index contributed by atoms with van der Waals surface area (Å²) in [6, 6.07) is 23.3. The predicted molar refractivity (Wildman–Crippen MR) is 142 cm³/mol. The van der Waals surface area contributed by atoms with E-state index in [9.17, 15) is 9.59 Å². The molecule has 1 aromatic heterocycles. The molecule has 0 radical (unpaired) electrons. The molecule has 4 aromatic rings. The summed E-state index contributed by atoms with van der Waals surface area (Å²) in [6.45, 7) is 4.10. The second-order valence-electron chi connectivity index (χ2n) is 9.20. The third kappa shape index (κ3) is 4.03. The predicted octanol–water partition coefficient (Wildman–Crippen LogP) is 4.57. The molecule has 1 saturated heterocycles. The van der Waals surface area contributed by atoms with E-state index in [-0.39, 0.29) is 0 Å². The second kappa shape index (κ2) is 9.02. The zero-order valence-electron chi connectivity index (χ0n) is 20.0. The van der Waals surface area contributed by atoms with Gasteiger partial charge in [0.2, 0.25) is 0 Å². The van der Waals surface area contributed by atoms with Crippen molar-refractivity contribution in [3.8, 4) is 11.3 Å². The quantitative estimate of drug-likeness (QED) is 0.330. The van der Waals surface area contributed by atoms with Crippen molar-refractivity contribution in [2.24, 2.45) is 0 Å². The Balaban J connectivity index is 1.33. The number of nitrogens with one attached hydrogen (secondary N) is 2. The molecule has 36 heavy (non-hydrogen) atoms. The number of fused-ring (bicyclic) bond motifs is 2. The minimum absolute atomic E-state index is 0.379. The van der Waals surface area contributed by atoms with Gasteiger partial charge >= 0.3 is 0 Å². The lowest BCUT2D eigenvalue weighted by Crippen LogP contribution is -2.44. The van der Waals surface area contributed by atoms with Gasteiger partial charge in [0.1, 0.15) is 11.3 Å². The molecule has 0 atom stereocenters. The van der Waals surface area contributed by atoms with E-state index in [1.165, 1.54) is 5.69 Å². The Morgan fingerprint density at radius 3 is 2.39 bits per heavy atom. The molecule has 0 aliphatic carbocycles. The highest BCUT2D eigenvalue weighted by molar-refractivity contribution is 6.32. The van der Waals surface area contributed by atoms with Crippen LogP contribution in [0.15, 0.2) is 83.4 Å². The lowest BCUT2D eigenvalue weighted by Gasteiger charge is -2.34. The average Bonchev–Trinajstić information content (AvgIpc) is 3.33. The van der Waals surface area contributed by atoms with Crippen molar-refractivity contribution in [2.75, 3.05) is 43.4 Å². The molecular weight excluding hydrogens is 452 g/mol. The van der Waals surface area contributed by atoms with Crippen LogP contribution < -0.4 is 15.5 Å². The van der Waals surface area contributed by atoms with Crippen molar-refractivity contribution in [1.82, 2.24) is 10.2 Å². The monoisotopic (exact) mass is 478 g/mol. The summed E-state index contributed by atoms with van der Waals surface area (Å²) >= 11 is 0. The van der Waals surface area contributed by atoms with Gasteiger partial charge in [0, 0.05) is 65.8 Å². The van der Waals surface area contributed by atoms with Crippen LogP contribution in [-0.2, 0) is 4.79 Å². The van der Waals surface area contributed by atoms with Crippen LogP contribution in [-0.4, -0.2) is 49.9 Å². The Bertz CT molecular complexity index is 1460. The largest absolute Gasteiger partial charge is 0.456 e. The zero-order chi connectivity index (χ0) is 24.6. The lowest BCUT2D eigenvalue weighted by molar-refractivity contribution is -0.114. The van der Waals surface area contributed by atoms with Gasteiger partial charge in [-0.3, -0.25) is 14.9 Å². The highest BCUT2D eigenvalue weighted by atomic mass is 16.3. The topological polar surface area (TPSA) is 77.8 Å². The van der Waals surface area contributed by atoms with Crippen LogP contribution in [0.5, 0.6) is 0 Å². The number of carbonyl (C=O) groups is 2. The van der Waals surface area contributed by atoms with Crippen LogP contribution in [0, 0.1) is 0 Å². The Morgan fingerprint density at radius 1 is 0.861 bits per heavy atom. The van der Waals surface area contributed by atoms with Crippen molar-refractivity contribution in [3.63, 3.8) is 0 Å². The van der Waals surface area contributed by atoms with Gasteiger partial charge in [-0.25, -0.2) is 0 Å². The fourth-order valence-electron chi connectivity index (χ4n) is 4.83. The molecule has 7 heteroatoms. The molecule has 0 spiro atoms. The number of amides is 2. The number of para-hydroxylation sites is 1. The standard InChI is InChI=1S/C29H26N4O3/c1-32-13-15-33(16-14-32)21-11-9-20(10-12-21)30-18-24-27-22(6-4-7-23(27)28(34)31-29(24)35)26-17-19-5-2-3-8-25(19)36-26/h2-12,17-18,30H,13-16H2,1H3,(H,31,34,35). The Labute approximate surface area is 209 Å². The van der Waals surface area contributed by atoms with E-state index in [2.05, 4.69) is 39.6 Å². The molecule has 0 saturated carbocycles. The third-order valence-electron chi connectivity index (χ3n) is 6.86. The summed E-state index contributed by atoms with van der Waals surface area (Å²) in [5, 5.41) is 6.67. The highest BCUT2D eigenvalue weighted by Gasteiger charge is 2.30. The van der Waals surface area contributed by atoms with Gasteiger partial charge in [-0.05, 0) is 49.5 Å². The Morgan fingerprint density at radius 2 is 1.61 bits per heavy atom. The second-order valence-corrected chi connectivity index (χ2v) is 9.20. The van der Waals surface area contributed by atoms with Gasteiger partial charge in [0.25, 0.3) is 11.8 Å². The number of furan rings is 1. The Hall–Kier alpha value is -4.36. The summed E-state index contributed by atoms with van der Waals surface area (Å²) in [6.07, 6.45) is 1.66. The summed E-state index contributed by atoms with van der Waals surface area (Å²) in [7, 11) is 2.14. The number of hydrogen-bond donors (Lipinski definition) is 2. The minimum Gasteiger partial charge on any atom is -0.456 e. The number of hydrogen-bond acceptors (Lipinski definition) is 6. The first-order valence-corrected chi connectivity index (χ1v) is 12.0. The highest BCUT2D eigenvalue weighted by Crippen LogP contribution is 2.37. The van der Waals surface area contributed by atoms with E-state index in [0.717, 1.165) is 42.8 Å². The zero-order valence-corrected chi connectivity index (χ0v) is 20.0. The fourth-order valence-corrected chi connectivity index (χ4v) is 4.83. The molecule has 3 aromatic carbocycles. The van der Waals surface area contributed by atoms with E-state index in [4.69, 9.17) is 4.42 Å². The first kappa shape index (κ1) is 22.1. The van der Waals surface area contributed by atoms with Crippen molar-refractivity contribution in [1.29, 1.82) is 0 Å². The van der Waals surface area contributed by atoms with Gasteiger partial charge < -0.3 is 19.5 Å². The number of piperazine rings is 1. The van der Waals surface area contributed by atoms with Crippen molar-refractivity contribution < 1.29 is 14.0 Å². The van der Waals surface area contributed by atoms with E-state index < -0.39 is 11.8 Å². The van der Waals surface area contributed by atoms with Crippen LogP contribution in [0.25, 0.3) is 27.9 Å². The number of carbonyl (C=O) groups excluding carboxylic acids is 2. The number of imide groups is 1. The van der Waals surface area contributed by atoms with E-state index in [1.54, 1.807) is 18.3 Å².